The number of aromatic amines is 1. The maximum atomic E-state index is 15.3. The number of hydrogen-bond acceptors (Lipinski definition) is 5. The van der Waals surface area contributed by atoms with Crippen LogP contribution in [-0.2, 0) is 0 Å². The van der Waals surface area contributed by atoms with Crippen LogP contribution in [0.15, 0.2) is 79.9 Å². The zero-order valence-electron chi connectivity index (χ0n) is 22.0. The third-order valence-corrected chi connectivity index (χ3v) is 7.69. The molecule has 0 spiro atoms. The van der Waals surface area contributed by atoms with Crippen molar-refractivity contribution in [3.8, 4) is 11.1 Å². The SMILES string of the molecule is C=C(Nc1nccc(C2=CCC=C2)c1C)c1n[nH]c2cc(F)c(-c3cncc(NC(=C)C4CCCC4)c3)cc12. The molecule has 0 radical (unpaired) electrons. The minimum absolute atomic E-state index is 0.354. The molecule has 2 aliphatic rings. The van der Waals surface area contributed by atoms with Crippen molar-refractivity contribution in [2.45, 2.75) is 39.0 Å². The Bertz CT molecular complexity index is 1650. The van der Waals surface area contributed by atoms with Gasteiger partial charge < -0.3 is 10.6 Å². The highest BCUT2D eigenvalue weighted by Gasteiger charge is 2.19. The van der Waals surface area contributed by atoms with E-state index in [1.54, 1.807) is 24.7 Å². The lowest BCUT2D eigenvalue weighted by molar-refractivity contribution is 0.632. The standard InChI is InChI=1S/C32H31FN6/c1-19-26(23-10-6-7-11-23)12-13-35-32(19)37-21(3)31-28-15-27(29(33)16-30(28)38-39-31)24-14-25(18-34-17-24)36-20(2)22-8-4-5-9-22/h6,10-18,22,36H,2-5,7-9H2,1H3,(H,35,37)(H,38,39). The van der Waals surface area contributed by atoms with Crippen LogP contribution < -0.4 is 10.6 Å². The smallest absolute Gasteiger partial charge is 0.133 e. The summed E-state index contributed by atoms with van der Waals surface area (Å²) >= 11 is 0. The van der Waals surface area contributed by atoms with Crippen LogP contribution in [0.5, 0.6) is 0 Å². The normalized spacial score (nSPS) is 15.1. The Hall–Kier alpha value is -4.52. The Morgan fingerprint density at radius 2 is 1.92 bits per heavy atom. The fraction of sp³-hybridized carbons (Fsp3) is 0.219. The molecule has 2 aliphatic carbocycles. The van der Waals surface area contributed by atoms with Crippen molar-refractivity contribution < 1.29 is 4.39 Å². The van der Waals surface area contributed by atoms with Crippen molar-refractivity contribution in [1.29, 1.82) is 0 Å². The summed E-state index contributed by atoms with van der Waals surface area (Å²) in [5, 5.41) is 14.9. The number of benzene rings is 1. The van der Waals surface area contributed by atoms with Crippen molar-refractivity contribution in [2.75, 3.05) is 10.6 Å². The topological polar surface area (TPSA) is 78.5 Å². The van der Waals surface area contributed by atoms with E-state index in [2.05, 4.69) is 62.2 Å². The van der Waals surface area contributed by atoms with Gasteiger partial charge in [0.1, 0.15) is 17.3 Å². The van der Waals surface area contributed by atoms with E-state index in [1.165, 1.54) is 24.5 Å². The lowest BCUT2D eigenvalue weighted by Gasteiger charge is -2.16. The summed E-state index contributed by atoms with van der Waals surface area (Å²) in [4.78, 5) is 8.91. The average molecular weight is 519 g/mol. The highest BCUT2D eigenvalue weighted by molar-refractivity contribution is 5.95. The monoisotopic (exact) mass is 518 g/mol. The van der Waals surface area contributed by atoms with Gasteiger partial charge in [0.25, 0.3) is 0 Å². The van der Waals surface area contributed by atoms with Crippen LogP contribution >= 0.6 is 0 Å². The second kappa shape index (κ2) is 10.3. The van der Waals surface area contributed by atoms with E-state index in [4.69, 9.17) is 0 Å². The lowest BCUT2D eigenvalue weighted by Crippen LogP contribution is -2.07. The quantitative estimate of drug-likeness (QED) is 0.220. The van der Waals surface area contributed by atoms with Gasteiger partial charge in [0.05, 0.1) is 23.1 Å². The predicted octanol–water partition coefficient (Wildman–Crippen LogP) is 8.01. The summed E-state index contributed by atoms with van der Waals surface area (Å²) in [7, 11) is 0. The number of halogens is 1. The molecule has 0 unspecified atom stereocenters. The number of anilines is 2. The summed E-state index contributed by atoms with van der Waals surface area (Å²) < 4.78 is 15.3. The van der Waals surface area contributed by atoms with Gasteiger partial charge in [0.2, 0.25) is 0 Å². The van der Waals surface area contributed by atoms with Gasteiger partial charge in [-0.3, -0.25) is 10.1 Å². The Kier molecular flexibility index (Phi) is 6.57. The van der Waals surface area contributed by atoms with Gasteiger partial charge in [-0.1, -0.05) is 44.2 Å². The van der Waals surface area contributed by atoms with Crippen LogP contribution in [0.4, 0.5) is 15.9 Å². The van der Waals surface area contributed by atoms with Gasteiger partial charge in [-0.2, -0.15) is 5.10 Å². The van der Waals surface area contributed by atoms with E-state index in [1.807, 2.05) is 19.1 Å². The Morgan fingerprint density at radius 1 is 1.08 bits per heavy atom. The number of nitrogens with one attached hydrogen (secondary N) is 3. The largest absolute Gasteiger partial charge is 0.358 e. The fourth-order valence-corrected chi connectivity index (χ4v) is 5.54. The predicted molar refractivity (Wildman–Crippen MR) is 157 cm³/mol. The van der Waals surface area contributed by atoms with Crippen LogP contribution in [-0.4, -0.2) is 20.2 Å². The average Bonchev–Trinajstić information content (AvgIpc) is 3.72. The highest BCUT2D eigenvalue weighted by Crippen LogP contribution is 2.34. The molecule has 1 aromatic carbocycles. The van der Waals surface area contributed by atoms with E-state index in [0.717, 1.165) is 47.2 Å². The van der Waals surface area contributed by atoms with E-state index in [9.17, 15) is 0 Å². The first-order valence-corrected chi connectivity index (χ1v) is 13.4. The Labute approximate surface area is 227 Å². The second-order valence-electron chi connectivity index (χ2n) is 10.3. The number of aromatic nitrogens is 4. The number of allylic oxidation sites excluding steroid dienone is 5. The van der Waals surface area contributed by atoms with Gasteiger partial charge in [-0.15, -0.1) is 0 Å². The molecular formula is C32H31FN6. The van der Waals surface area contributed by atoms with E-state index < -0.39 is 0 Å². The molecule has 39 heavy (non-hydrogen) atoms. The molecular weight excluding hydrogens is 487 g/mol. The van der Waals surface area contributed by atoms with Crippen molar-refractivity contribution in [3.05, 3.63) is 103 Å². The number of H-pyrrole nitrogens is 1. The van der Waals surface area contributed by atoms with Gasteiger partial charge in [-0.05, 0) is 67.0 Å². The van der Waals surface area contributed by atoms with Crippen LogP contribution in [0.1, 0.15) is 48.9 Å². The number of fused-ring (bicyclic) bond motifs is 1. The first kappa shape index (κ1) is 24.8. The number of hydrogen-bond donors (Lipinski definition) is 3. The molecule has 1 fully saturated rings. The first-order valence-electron chi connectivity index (χ1n) is 13.4. The van der Waals surface area contributed by atoms with Crippen LogP contribution in [0, 0.1) is 18.7 Å². The van der Waals surface area contributed by atoms with Gasteiger partial charge in [-0.25, -0.2) is 9.37 Å². The molecule has 3 heterocycles. The zero-order valence-corrected chi connectivity index (χ0v) is 22.0. The van der Waals surface area contributed by atoms with E-state index in [0.29, 0.717) is 39.8 Å². The molecule has 0 saturated heterocycles. The molecule has 3 aromatic heterocycles. The third-order valence-electron chi connectivity index (χ3n) is 7.69. The highest BCUT2D eigenvalue weighted by atomic mass is 19.1. The summed E-state index contributed by atoms with van der Waals surface area (Å²) in [6, 6.07) is 7.20. The molecule has 0 atom stereocenters. The van der Waals surface area contributed by atoms with Crippen LogP contribution in [0.3, 0.4) is 0 Å². The molecule has 6 rings (SSSR count). The molecule has 3 N–H and O–H groups in total. The molecule has 0 bridgehead atoms. The van der Waals surface area contributed by atoms with E-state index >= 15 is 4.39 Å². The number of rotatable bonds is 8. The number of nitrogens with zero attached hydrogens (tertiary/aromatic N) is 3. The molecule has 1 saturated carbocycles. The molecule has 0 amide bonds. The summed E-state index contributed by atoms with van der Waals surface area (Å²) in [5.74, 6) is 0.828. The zero-order chi connectivity index (χ0) is 26.9. The van der Waals surface area contributed by atoms with Crippen molar-refractivity contribution in [2.24, 2.45) is 5.92 Å². The molecule has 7 heteroatoms. The van der Waals surface area contributed by atoms with E-state index in [-0.39, 0.29) is 5.82 Å². The molecule has 196 valence electrons. The van der Waals surface area contributed by atoms with Gasteiger partial charge in [0.15, 0.2) is 0 Å². The van der Waals surface area contributed by atoms with Crippen molar-refractivity contribution >= 4 is 33.7 Å². The molecule has 0 aliphatic heterocycles. The summed E-state index contributed by atoms with van der Waals surface area (Å²) in [6.45, 7) is 10.5. The second-order valence-corrected chi connectivity index (χ2v) is 10.3. The Balaban J connectivity index is 1.29. The minimum atomic E-state index is -0.354. The third kappa shape index (κ3) is 4.88. The lowest BCUT2D eigenvalue weighted by atomic mass is 10.0. The maximum Gasteiger partial charge on any atom is 0.133 e. The minimum Gasteiger partial charge on any atom is -0.358 e. The van der Waals surface area contributed by atoms with Crippen LogP contribution in [0.25, 0.3) is 33.3 Å². The van der Waals surface area contributed by atoms with Crippen molar-refractivity contribution in [3.63, 3.8) is 0 Å². The molecule has 4 aromatic rings. The first-order chi connectivity index (χ1) is 19.0. The van der Waals surface area contributed by atoms with Gasteiger partial charge >= 0.3 is 0 Å². The van der Waals surface area contributed by atoms with Gasteiger partial charge in [0, 0.05) is 40.7 Å². The van der Waals surface area contributed by atoms with Crippen molar-refractivity contribution in [1.82, 2.24) is 20.2 Å². The van der Waals surface area contributed by atoms with Crippen LogP contribution in [0.2, 0.25) is 0 Å². The number of pyridine rings is 2. The fourth-order valence-electron chi connectivity index (χ4n) is 5.54. The maximum absolute atomic E-state index is 15.3. The summed E-state index contributed by atoms with van der Waals surface area (Å²) in [6.07, 6.45) is 17.4. The summed E-state index contributed by atoms with van der Waals surface area (Å²) in [5.41, 5.74) is 8.02. The molecule has 6 nitrogen and oxygen atoms in total. The Morgan fingerprint density at radius 3 is 2.72 bits per heavy atom.